The molecule has 0 bridgehead atoms. The molecule has 4 nitrogen and oxygen atoms in total. The first-order chi connectivity index (χ1) is 11.1. The van der Waals surface area contributed by atoms with Gasteiger partial charge in [0.1, 0.15) is 10.8 Å². The van der Waals surface area contributed by atoms with Crippen LogP contribution in [0.15, 0.2) is 48.5 Å². The van der Waals surface area contributed by atoms with Crippen molar-refractivity contribution in [3.8, 4) is 0 Å². The van der Waals surface area contributed by atoms with E-state index in [9.17, 15) is 9.18 Å². The van der Waals surface area contributed by atoms with Crippen LogP contribution in [0.3, 0.4) is 0 Å². The predicted molar refractivity (Wildman–Crippen MR) is 88.5 cm³/mol. The first-order valence-electron chi connectivity index (χ1n) is 6.74. The fraction of sp³-hybridized carbons (Fsp3) is 0.0625. The van der Waals surface area contributed by atoms with Crippen molar-refractivity contribution in [1.82, 2.24) is 10.2 Å². The third kappa shape index (κ3) is 3.91. The Balaban J connectivity index is 1.71. The van der Waals surface area contributed by atoms with Crippen LogP contribution in [-0.4, -0.2) is 16.1 Å². The molecule has 1 amide bonds. The lowest BCUT2D eigenvalue weighted by atomic mass is 10.2. The van der Waals surface area contributed by atoms with Crippen LogP contribution >= 0.6 is 22.9 Å². The number of aromatic nitrogens is 2. The van der Waals surface area contributed by atoms with Gasteiger partial charge in [0.05, 0.1) is 5.56 Å². The van der Waals surface area contributed by atoms with Gasteiger partial charge in [-0.25, -0.2) is 4.39 Å². The molecule has 1 aromatic heterocycles. The molecular weight excluding hydrogens is 337 g/mol. The number of nitrogens with zero attached hydrogens (tertiary/aromatic N) is 2. The van der Waals surface area contributed by atoms with E-state index in [1.165, 1.54) is 23.5 Å². The first-order valence-corrected chi connectivity index (χ1v) is 7.94. The van der Waals surface area contributed by atoms with E-state index in [2.05, 4.69) is 15.5 Å². The molecule has 23 heavy (non-hydrogen) atoms. The Bertz CT molecular complexity index is 838. The minimum absolute atomic E-state index is 0.127. The Hall–Kier alpha value is -2.31. The van der Waals surface area contributed by atoms with E-state index < -0.39 is 11.7 Å². The van der Waals surface area contributed by atoms with Gasteiger partial charge in [-0.2, -0.15) is 0 Å². The quantitative estimate of drug-likeness (QED) is 0.770. The fourth-order valence-corrected chi connectivity index (χ4v) is 2.92. The molecule has 0 fully saturated rings. The molecule has 0 aliphatic carbocycles. The Morgan fingerprint density at radius 2 is 1.96 bits per heavy atom. The lowest BCUT2D eigenvalue weighted by molar-refractivity contribution is 0.102. The molecule has 0 aliphatic rings. The van der Waals surface area contributed by atoms with Crippen molar-refractivity contribution >= 4 is 34.0 Å². The van der Waals surface area contributed by atoms with Crippen LogP contribution in [0.25, 0.3) is 0 Å². The van der Waals surface area contributed by atoms with Gasteiger partial charge in [-0.3, -0.25) is 10.1 Å². The molecule has 1 heterocycles. The molecule has 0 radical (unpaired) electrons. The monoisotopic (exact) mass is 347 g/mol. The number of carbonyl (C=O) groups excluding carboxylic acids is 1. The highest BCUT2D eigenvalue weighted by Gasteiger charge is 2.15. The van der Waals surface area contributed by atoms with Crippen LogP contribution < -0.4 is 5.32 Å². The Kier molecular flexibility index (Phi) is 4.64. The molecular formula is C16H11ClFN3OS. The van der Waals surface area contributed by atoms with Crippen molar-refractivity contribution in [3.05, 3.63) is 75.5 Å². The van der Waals surface area contributed by atoms with E-state index in [-0.39, 0.29) is 5.56 Å². The number of hydrogen-bond acceptors (Lipinski definition) is 4. The molecule has 116 valence electrons. The molecule has 3 rings (SSSR count). The SMILES string of the molecule is O=C(Nc1nnc(Cc2ccccc2)s1)c1cc(Cl)ccc1F. The maximum Gasteiger partial charge on any atom is 0.260 e. The lowest BCUT2D eigenvalue weighted by Gasteiger charge is -2.03. The van der Waals surface area contributed by atoms with Gasteiger partial charge in [-0.15, -0.1) is 10.2 Å². The zero-order valence-corrected chi connectivity index (χ0v) is 13.4. The average Bonchev–Trinajstić information content (AvgIpc) is 2.97. The van der Waals surface area contributed by atoms with Gasteiger partial charge in [-0.1, -0.05) is 53.3 Å². The summed E-state index contributed by atoms with van der Waals surface area (Å²) in [5, 5.41) is 11.9. The topological polar surface area (TPSA) is 54.9 Å². The van der Waals surface area contributed by atoms with Crippen LogP contribution in [0.2, 0.25) is 5.02 Å². The second-order valence-corrected chi connectivity index (χ2v) is 6.24. The lowest BCUT2D eigenvalue weighted by Crippen LogP contribution is -2.13. The van der Waals surface area contributed by atoms with Gasteiger partial charge in [0, 0.05) is 11.4 Å². The molecule has 0 saturated carbocycles. The van der Waals surface area contributed by atoms with Crippen molar-refractivity contribution < 1.29 is 9.18 Å². The van der Waals surface area contributed by atoms with Crippen molar-refractivity contribution in [2.24, 2.45) is 0 Å². The van der Waals surface area contributed by atoms with Crippen molar-refractivity contribution in [2.75, 3.05) is 5.32 Å². The summed E-state index contributed by atoms with van der Waals surface area (Å²) in [7, 11) is 0. The van der Waals surface area contributed by atoms with E-state index in [1.807, 2.05) is 30.3 Å². The van der Waals surface area contributed by atoms with Gasteiger partial charge >= 0.3 is 0 Å². The van der Waals surface area contributed by atoms with Crippen molar-refractivity contribution in [2.45, 2.75) is 6.42 Å². The molecule has 1 N–H and O–H groups in total. The minimum Gasteiger partial charge on any atom is -0.296 e. The average molecular weight is 348 g/mol. The summed E-state index contributed by atoms with van der Waals surface area (Å²) in [4.78, 5) is 12.1. The summed E-state index contributed by atoms with van der Waals surface area (Å²) < 4.78 is 13.7. The fourth-order valence-electron chi connectivity index (χ4n) is 1.98. The Morgan fingerprint density at radius 3 is 2.74 bits per heavy atom. The van der Waals surface area contributed by atoms with Gasteiger partial charge < -0.3 is 0 Å². The Morgan fingerprint density at radius 1 is 1.17 bits per heavy atom. The van der Waals surface area contributed by atoms with E-state index >= 15 is 0 Å². The smallest absolute Gasteiger partial charge is 0.260 e. The third-order valence-electron chi connectivity index (χ3n) is 3.06. The summed E-state index contributed by atoms with van der Waals surface area (Å²) >= 11 is 7.04. The largest absolute Gasteiger partial charge is 0.296 e. The highest BCUT2D eigenvalue weighted by molar-refractivity contribution is 7.15. The van der Waals surface area contributed by atoms with Gasteiger partial charge in [0.25, 0.3) is 5.91 Å². The number of rotatable bonds is 4. The van der Waals surface area contributed by atoms with Crippen LogP contribution in [0.5, 0.6) is 0 Å². The summed E-state index contributed by atoms with van der Waals surface area (Å²) in [5.41, 5.74) is 0.972. The van der Waals surface area contributed by atoms with Crippen LogP contribution in [0, 0.1) is 5.82 Å². The molecule has 0 saturated heterocycles. The van der Waals surface area contributed by atoms with E-state index in [4.69, 9.17) is 11.6 Å². The zero-order valence-electron chi connectivity index (χ0n) is 11.8. The van der Waals surface area contributed by atoms with Gasteiger partial charge in [0.2, 0.25) is 5.13 Å². The van der Waals surface area contributed by atoms with Crippen LogP contribution in [0.1, 0.15) is 20.9 Å². The third-order valence-corrected chi connectivity index (χ3v) is 4.13. The molecule has 2 aromatic carbocycles. The van der Waals surface area contributed by atoms with E-state index in [0.717, 1.165) is 16.6 Å². The summed E-state index contributed by atoms with van der Waals surface area (Å²) in [5.74, 6) is -1.24. The number of amides is 1. The van der Waals surface area contributed by atoms with Crippen LogP contribution in [-0.2, 0) is 6.42 Å². The molecule has 7 heteroatoms. The Labute approximate surface area is 141 Å². The molecule has 0 spiro atoms. The van der Waals surface area contributed by atoms with Gasteiger partial charge in [0.15, 0.2) is 0 Å². The second-order valence-electron chi connectivity index (χ2n) is 4.74. The van der Waals surface area contributed by atoms with E-state index in [0.29, 0.717) is 16.6 Å². The maximum absolute atomic E-state index is 13.7. The molecule has 0 unspecified atom stereocenters. The molecule has 0 aliphatic heterocycles. The van der Waals surface area contributed by atoms with Crippen molar-refractivity contribution in [1.29, 1.82) is 0 Å². The minimum atomic E-state index is -0.638. The second kappa shape index (κ2) is 6.85. The number of benzene rings is 2. The number of anilines is 1. The standard InChI is InChI=1S/C16H11ClFN3OS/c17-11-6-7-13(18)12(9-11)15(22)19-16-21-20-14(23-16)8-10-4-2-1-3-5-10/h1-7,9H,8H2,(H,19,21,22). The highest BCUT2D eigenvalue weighted by atomic mass is 35.5. The molecule has 0 atom stereocenters. The maximum atomic E-state index is 13.7. The highest BCUT2D eigenvalue weighted by Crippen LogP contribution is 2.21. The summed E-state index contributed by atoms with van der Waals surface area (Å²) in [6.07, 6.45) is 0.625. The van der Waals surface area contributed by atoms with Crippen LogP contribution in [0.4, 0.5) is 9.52 Å². The first kappa shape index (κ1) is 15.6. The molecule has 3 aromatic rings. The van der Waals surface area contributed by atoms with Gasteiger partial charge in [-0.05, 0) is 23.8 Å². The normalized spacial score (nSPS) is 10.5. The van der Waals surface area contributed by atoms with Crippen molar-refractivity contribution in [3.63, 3.8) is 0 Å². The predicted octanol–water partition coefficient (Wildman–Crippen LogP) is 4.17. The number of carbonyl (C=O) groups is 1. The van der Waals surface area contributed by atoms with E-state index in [1.54, 1.807) is 0 Å². The summed E-state index contributed by atoms with van der Waals surface area (Å²) in [6.45, 7) is 0. The zero-order chi connectivity index (χ0) is 16.2. The summed E-state index contributed by atoms with van der Waals surface area (Å²) in [6, 6.07) is 13.6. The number of hydrogen-bond donors (Lipinski definition) is 1. The number of halogens is 2. The number of nitrogens with one attached hydrogen (secondary N) is 1.